The number of esters is 1. The van der Waals surface area contributed by atoms with Gasteiger partial charge in [0.1, 0.15) is 0 Å². The van der Waals surface area contributed by atoms with E-state index >= 15 is 0 Å². The van der Waals surface area contributed by atoms with Gasteiger partial charge in [-0.3, -0.25) is 4.31 Å². The van der Waals surface area contributed by atoms with Gasteiger partial charge in [0.25, 0.3) is 0 Å². The van der Waals surface area contributed by atoms with E-state index in [-0.39, 0.29) is 6.54 Å². The van der Waals surface area contributed by atoms with Crippen LogP contribution in [-0.4, -0.2) is 33.8 Å². The van der Waals surface area contributed by atoms with Crippen LogP contribution in [0.4, 0.5) is 5.69 Å². The molecule has 0 atom stereocenters. The number of sulfonamides is 1. The van der Waals surface area contributed by atoms with Gasteiger partial charge in [-0.1, -0.05) is 6.08 Å². The molecule has 0 amide bonds. The van der Waals surface area contributed by atoms with Crippen molar-refractivity contribution in [2.24, 2.45) is 0 Å². The van der Waals surface area contributed by atoms with E-state index in [1.807, 2.05) is 0 Å². The number of hydrogen-bond donors (Lipinski definition) is 0. The topological polar surface area (TPSA) is 63.7 Å². The molecule has 1 aromatic rings. The lowest BCUT2D eigenvalue weighted by Gasteiger charge is -2.20. The van der Waals surface area contributed by atoms with Gasteiger partial charge in [0.2, 0.25) is 10.0 Å². The van der Waals surface area contributed by atoms with Crippen LogP contribution in [0, 0.1) is 0 Å². The Morgan fingerprint density at radius 1 is 1.37 bits per heavy atom. The summed E-state index contributed by atoms with van der Waals surface area (Å²) in [6.45, 7) is 5.73. The van der Waals surface area contributed by atoms with Crippen LogP contribution in [0.3, 0.4) is 0 Å². The first-order valence-electron chi connectivity index (χ1n) is 5.76. The van der Waals surface area contributed by atoms with Gasteiger partial charge in [0, 0.05) is 0 Å². The Kier molecular flexibility index (Phi) is 5.11. The smallest absolute Gasteiger partial charge is 0.338 e. The first-order valence-corrected chi connectivity index (χ1v) is 7.60. The zero-order valence-corrected chi connectivity index (χ0v) is 11.8. The van der Waals surface area contributed by atoms with E-state index in [0.29, 0.717) is 17.9 Å². The Hall–Kier alpha value is -1.82. The number of hydrogen-bond acceptors (Lipinski definition) is 4. The first kappa shape index (κ1) is 15.2. The second-order valence-corrected chi connectivity index (χ2v) is 5.76. The molecule has 0 fully saturated rings. The number of carbonyl (C=O) groups is 1. The number of carbonyl (C=O) groups excluding carboxylic acids is 1. The lowest BCUT2D eigenvalue weighted by atomic mass is 10.2. The number of nitrogens with zero attached hydrogens (tertiary/aromatic N) is 1. The summed E-state index contributed by atoms with van der Waals surface area (Å²) in [4.78, 5) is 11.5. The van der Waals surface area contributed by atoms with Crippen molar-refractivity contribution in [1.82, 2.24) is 0 Å². The molecule has 0 radical (unpaired) electrons. The Bertz CT molecular complexity index is 549. The first-order chi connectivity index (χ1) is 8.90. The molecule has 0 saturated heterocycles. The molecule has 0 aliphatic heterocycles. The highest BCUT2D eigenvalue weighted by molar-refractivity contribution is 7.92. The summed E-state index contributed by atoms with van der Waals surface area (Å²) in [7, 11) is -3.38. The Morgan fingerprint density at radius 2 is 1.95 bits per heavy atom. The van der Waals surface area contributed by atoms with Crippen molar-refractivity contribution in [1.29, 1.82) is 0 Å². The van der Waals surface area contributed by atoms with E-state index in [1.54, 1.807) is 19.1 Å². The van der Waals surface area contributed by atoms with Gasteiger partial charge >= 0.3 is 5.97 Å². The van der Waals surface area contributed by atoms with Crippen LogP contribution in [0.5, 0.6) is 0 Å². The van der Waals surface area contributed by atoms with E-state index in [2.05, 4.69) is 6.58 Å². The van der Waals surface area contributed by atoms with E-state index in [9.17, 15) is 13.2 Å². The van der Waals surface area contributed by atoms with Gasteiger partial charge < -0.3 is 4.74 Å². The fourth-order valence-corrected chi connectivity index (χ4v) is 2.41. The molecule has 0 aliphatic rings. The molecule has 1 rings (SSSR count). The molecule has 104 valence electrons. The quantitative estimate of drug-likeness (QED) is 0.590. The summed E-state index contributed by atoms with van der Waals surface area (Å²) in [5.74, 6) is -0.427. The van der Waals surface area contributed by atoms with Crippen molar-refractivity contribution in [3.63, 3.8) is 0 Å². The second-order valence-electron chi connectivity index (χ2n) is 3.85. The van der Waals surface area contributed by atoms with Crippen LogP contribution in [0.2, 0.25) is 0 Å². The Balaban J connectivity index is 3.02. The van der Waals surface area contributed by atoms with Crippen molar-refractivity contribution < 1.29 is 17.9 Å². The molecular formula is C13H17NO4S. The molecule has 1 aromatic carbocycles. The van der Waals surface area contributed by atoms with Crippen molar-refractivity contribution in [2.75, 3.05) is 23.7 Å². The summed E-state index contributed by atoms with van der Waals surface area (Å²) in [6.07, 6.45) is 2.62. The molecular weight excluding hydrogens is 266 g/mol. The van der Waals surface area contributed by atoms with Crippen LogP contribution in [0.15, 0.2) is 36.9 Å². The maximum atomic E-state index is 11.6. The van der Waals surface area contributed by atoms with Crippen LogP contribution >= 0.6 is 0 Å². The third kappa shape index (κ3) is 4.10. The minimum absolute atomic E-state index is 0.178. The largest absolute Gasteiger partial charge is 0.462 e. The maximum Gasteiger partial charge on any atom is 0.338 e. The standard InChI is InChI=1S/C13H17NO4S/c1-4-10-14(19(3,16)17)12-8-6-11(7-9-12)13(15)18-5-2/h4,6-9H,1,5,10H2,2-3H3. The van der Waals surface area contributed by atoms with E-state index in [0.717, 1.165) is 6.26 Å². The van der Waals surface area contributed by atoms with Gasteiger partial charge in [0.05, 0.1) is 30.7 Å². The van der Waals surface area contributed by atoms with Gasteiger partial charge in [-0.15, -0.1) is 6.58 Å². The normalized spacial score (nSPS) is 10.8. The average molecular weight is 283 g/mol. The highest BCUT2D eigenvalue weighted by atomic mass is 32.2. The molecule has 0 heterocycles. The predicted octanol–water partition coefficient (Wildman–Crippen LogP) is 1.82. The zero-order chi connectivity index (χ0) is 14.5. The van der Waals surface area contributed by atoms with Crippen LogP contribution in [0.1, 0.15) is 17.3 Å². The average Bonchev–Trinajstić information content (AvgIpc) is 2.35. The summed E-state index contributed by atoms with van der Waals surface area (Å²) in [6, 6.07) is 6.21. The summed E-state index contributed by atoms with van der Waals surface area (Å²) in [5.41, 5.74) is 0.869. The van der Waals surface area contributed by atoms with Gasteiger partial charge in [-0.2, -0.15) is 0 Å². The van der Waals surface area contributed by atoms with Gasteiger partial charge in [0.15, 0.2) is 0 Å². The molecule has 0 N–H and O–H groups in total. The second kappa shape index (κ2) is 6.38. The summed E-state index contributed by atoms with van der Waals surface area (Å²) >= 11 is 0. The minimum atomic E-state index is -3.38. The van der Waals surface area contributed by atoms with E-state index in [4.69, 9.17) is 4.74 Å². The number of ether oxygens (including phenoxy) is 1. The lowest BCUT2D eigenvalue weighted by Crippen LogP contribution is -2.29. The summed E-state index contributed by atoms with van der Waals surface area (Å²) in [5, 5.41) is 0. The number of benzene rings is 1. The molecule has 0 aliphatic carbocycles. The highest BCUT2D eigenvalue weighted by Crippen LogP contribution is 2.18. The van der Waals surface area contributed by atoms with Gasteiger partial charge in [-0.05, 0) is 31.2 Å². The molecule has 6 heteroatoms. The van der Waals surface area contributed by atoms with Crippen molar-refractivity contribution in [3.05, 3.63) is 42.5 Å². The minimum Gasteiger partial charge on any atom is -0.462 e. The Morgan fingerprint density at radius 3 is 2.37 bits per heavy atom. The molecule has 0 saturated carbocycles. The fraction of sp³-hybridized carbons (Fsp3) is 0.308. The SMILES string of the molecule is C=CCN(c1ccc(C(=O)OCC)cc1)S(C)(=O)=O. The van der Waals surface area contributed by atoms with Crippen molar-refractivity contribution >= 4 is 21.7 Å². The molecule has 0 spiro atoms. The van der Waals surface area contributed by atoms with Crippen LogP contribution < -0.4 is 4.31 Å². The van der Waals surface area contributed by atoms with E-state index in [1.165, 1.54) is 22.5 Å². The van der Waals surface area contributed by atoms with Crippen LogP contribution in [0.25, 0.3) is 0 Å². The summed E-state index contributed by atoms with van der Waals surface area (Å²) < 4.78 is 29.3. The fourth-order valence-electron chi connectivity index (χ4n) is 1.53. The zero-order valence-electron chi connectivity index (χ0n) is 11.0. The van der Waals surface area contributed by atoms with Crippen molar-refractivity contribution in [2.45, 2.75) is 6.92 Å². The van der Waals surface area contributed by atoms with Crippen molar-refractivity contribution in [3.8, 4) is 0 Å². The van der Waals surface area contributed by atoms with E-state index < -0.39 is 16.0 Å². The molecule has 19 heavy (non-hydrogen) atoms. The number of anilines is 1. The highest BCUT2D eigenvalue weighted by Gasteiger charge is 2.16. The monoisotopic (exact) mass is 283 g/mol. The Labute approximate surface area is 113 Å². The molecule has 0 unspecified atom stereocenters. The lowest BCUT2D eigenvalue weighted by molar-refractivity contribution is 0.0526. The molecule has 0 bridgehead atoms. The predicted molar refractivity (Wildman–Crippen MR) is 74.8 cm³/mol. The van der Waals surface area contributed by atoms with Gasteiger partial charge in [-0.25, -0.2) is 13.2 Å². The third-order valence-electron chi connectivity index (χ3n) is 2.36. The maximum absolute atomic E-state index is 11.6. The van der Waals surface area contributed by atoms with Crippen LogP contribution in [-0.2, 0) is 14.8 Å². The third-order valence-corrected chi connectivity index (χ3v) is 3.52. The number of rotatable bonds is 6. The molecule has 0 aromatic heterocycles. The molecule has 5 nitrogen and oxygen atoms in total.